The van der Waals surface area contributed by atoms with E-state index < -0.39 is 18.0 Å². The molecule has 0 fully saturated rings. The highest BCUT2D eigenvalue weighted by molar-refractivity contribution is 6.35. The number of anilines is 1. The number of hydrogen-bond acceptors (Lipinski definition) is 2. The average molecular weight is 404 g/mol. The van der Waals surface area contributed by atoms with E-state index in [0.29, 0.717) is 21.3 Å². The predicted molar refractivity (Wildman–Crippen MR) is 109 cm³/mol. The summed E-state index contributed by atoms with van der Waals surface area (Å²) < 4.78 is 0. The zero-order valence-corrected chi connectivity index (χ0v) is 16.7. The molecule has 3 amide bonds. The van der Waals surface area contributed by atoms with Gasteiger partial charge in [0, 0.05) is 21.4 Å². The van der Waals surface area contributed by atoms with Gasteiger partial charge in [0.05, 0.1) is 6.04 Å². The second-order valence-electron chi connectivity index (χ2n) is 6.56. The Morgan fingerprint density at radius 1 is 1.15 bits per heavy atom. The number of carbonyl (C=O) groups is 2. The van der Waals surface area contributed by atoms with E-state index >= 15 is 0 Å². The number of carbonyl (C=O) groups excluding carboxylic acids is 2. The van der Waals surface area contributed by atoms with E-state index in [1.54, 1.807) is 25.1 Å². The van der Waals surface area contributed by atoms with Gasteiger partial charge < -0.3 is 10.6 Å². The van der Waals surface area contributed by atoms with Gasteiger partial charge in [0.2, 0.25) is 5.91 Å². The van der Waals surface area contributed by atoms with Crippen LogP contribution in [0.15, 0.2) is 41.4 Å². The van der Waals surface area contributed by atoms with Crippen molar-refractivity contribution in [1.82, 2.24) is 5.32 Å². The molecule has 3 rings (SSSR count). The van der Waals surface area contributed by atoms with E-state index in [0.717, 1.165) is 16.8 Å². The first-order valence-corrected chi connectivity index (χ1v) is 9.21. The summed E-state index contributed by atoms with van der Waals surface area (Å²) in [6.07, 6.45) is 0. The molecule has 2 N–H and O–H groups in total. The minimum atomic E-state index is -0.693. The van der Waals surface area contributed by atoms with Crippen molar-refractivity contribution < 1.29 is 9.59 Å². The van der Waals surface area contributed by atoms with E-state index in [2.05, 4.69) is 15.6 Å². The van der Waals surface area contributed by atoms with Gasteiger partial charge in [-0.2, -0.15) is 0 Å². The van der Waals surface area contributed by atoms with Crippen LogP contribution in [0.5, 0.6) is 0 Å². The van der Waals surface area contributed by atoms with Crippen molar-refractivity contribution in [3.05, 3.63) is 63.1 Å². The molecule has 1 heterocycles. The first-order valence-electron chi connectivity index (χ1n) is 8.45. The van der Waals surface area contributed by atoms with Crippen LogP contribution in [0.3, 0.4) is 0 Å². The van der Waals surface area contributed by atoms with Crippen LogP contribution in [0.25, 0.3) is 0 Å². The number of aliphatic imine (C=N–C) groups is 1. The summed E-state index contributed by atoms with van der Waals surface area (Å²) >= 11 is 12.3. The Hall–Kier alpha value is -2.37. The number of benzene rings is 2. The van der Waals surface area contributed by atoms with Gasteiger partial charge in [-0.15, -0.1) is 0 Å². The largest absolute Gasteiger partial charge is 0.341 e. The summed E-state index contributed by atoms with van der Waals surface area (Å²) in [7, 11) is 0. The smallest absolute Gasteiger partial charge is 0.328 e. The highest BCUT2D eigenvalue weighted by Gasteiger charge is 2.38. The number of halogens is 2. The third-order valence-electron chi connectivity index (χ3n) is 4.78. The molecule has 0 spiro atoms. The molecule has 140 valence electrons. The lowest BCUT2D eigenvalue weighted by atomic mass is 9.87. The average Bonchev–Trinajstić information content (AvgIpc) is 2.58. The summed E-state index contributed by atoms with van der Waals surface area (Å²) in [6.45, 7) is 5.60. The first kappa shape index (κ1) is 19.4. The molecule has 7 heteroatoms. The second kappa shape index (κ2) is 7.71. The molecule has 2 aromatic carbocycles. The topological polar surface area (TPSA) is 70.6 Å². The number of nitrogens with zero attached hydrogens (tertiary/aromatic N) is 1. The Morgan fingerprint density at radius 2 is 1.89 bits per heavy atom. The molecule has 0 aromatic heterocycles. The highest BCUT2D eigenvalue weighted by atomic mass is 35.5. The minimum Gasteiger partial charge on any atom is -0.328 e. The summed E-state index contributed by atoms with van der Waals surface area (Å²) in [5.74, 6) is -0.956. The molecule has 1 aliphatic rings. The highest BCUT2D eigenvalue weighted by Crippen LogP contribution is 2.34. The number of rotatable bonds is 3. The second-order valence-corrected chi connectivity index (χ2v) is 7.40. The third-order valence-corrected chi connectivity index (χ3v) is 5.35. The van der Waals surface area contributed by atoms with Crippen LogP contribution in [0.4, 0.5) is 10.5 Å². The summed E-state index contributed by atoms with van der Waals surface area (Å²) in [5.41, 5.74) is 3.84. The van der Waals surface area contributed by atoms with Gasteiger partial charge >= 0.3 is 6.03 Å². The Bertz CT molecular complexity index is 956. The maximum Gasteiger partial charge on any atom is 0.341 e. The minimum absolute atomic E-state index is 0.263. The first-order chi connectivity index (χ1) is 12.8. The van der Waals surface area contributed by atoms with Crippen molar-refractivity contribution in [3.63, 3.8) is 0 Å². The van der Waals surface area contributed by atoms with Gasteiger partial charge in [-0.25, -0.2) is 9.79 Å². The van der Waals surface area contributed by atoms with Crippen LogP contribution in [0.2, 0.25) is 10.0 Å². The fraction of sp³-hybridized carbons (Fsp3) is 0.250. The van der Waals surface area contributed by atoms with Crippen molar-refractivity contribution in [2.45, 2.75) is 26.8 Å². The summed E-state index contributed by atoms with van der Waals surface area (Å²) in [4.78, 5) is 29.0. The summed E-state index contributed by atoms with van der Waals surface area (Å²) in [5, 5.41) is 6.57. The van der Waals surface area contributed by atoms with Crippen molar-refractivity contribution in [1.29, 1.82) is 0 Å². The Balaban J connectivity index is 1.98. The van der Waals surface area contributed by atoms with Gasteiger partial charge in [0.15, 0.2) is 0 Å². The molecule has 2 unspecified atom stereocenters. The maximum absolute atomic E-state index is 13.1. The normalized spacial score (nSPS) is 19.3. The van der Waals surface area contributed by atoms with Gasteiger partial charge in [-0.3, -0.25) is 4.79 Å². The van der Waals surface area contributed by atoms with E-state index in [-0.39, 0.29) is 5.91 Å². The number of aryl methyl sites for hydroxylation is 1. The van der Waals surface area contributed by atoms with Crippen LogP contribution in [0.1, 0.15) is 29.7 Å². The lowest BCUT2D eigenvalue weighted by Gasteiger charge is -2.31. The van der Waals surface area contributed by atoms with Crippen LogP contribution in [-0.2, 0) is 4.79 Å². The van der Waals surface area contributed by atoms with Crippen molar-refractivity contribution in [2.75, 3.05) is 5.32 Å². The molecule has 2 aromatic rings. The van der Waals surface area contributed by atoms with Crippen molar-refractivity contribution >= 4 is 46.5 Å². The molecule has 27 heavy (non-hydrogen) atoms. The summed E-state index contributed by atoms with van der Waals surface area (Å²) in [6, 6.07) is 9.56. The Morgan fingerprint density at radius 3 is 2.59 bits per heavy atom. The zero-order chi connectivity index (χ0) is 19.7. The predicted octanol–water partition coefficient (Wildman–Crippen LogP) is 5.09. The lowest BCUT2D eigenvalue weighted by molar-refractivity contribution is -0.118. The molecule has 5 nitrogen and oxygen atoms in total. The third kappa shape index (κ3) is 3.99. The van der Waals surface area contributed by atoms with Crippen LogP contribution < -0.4 is 10.6 Å². The monoisotopic (exact) mass is 403 g/mol. The van der Waals surface area contributed by atoms with Crippen LogP contribution in [-0.4, -0.2) is 17.6 Å². The molecule has 0 aliphatic carbocycles. The van der Waals surface area contributed by atoms with Gasteiger partial charge in [0.1, 0.15) is 5.92 Å². The Labute approximate surface area is 167 Å². The molecule has 0 saturated heterocycles. The molecular weight excluding hydrogens is 385 g/mol. The fourth-order valence-electron chi connectivity index (χ4n) is 3.17. The number of nitrogens with one attached hydrogen (secondary N) is 2. The molecule has 1 aliphatic heterocycles. The molecule has 0 saturated carbocycles. The zero-order valence-electron chi connectivity index (χ0n) is 15.1. The van der Waals surface area contributed by atoms with Crippen molar-refractivity contribution in [2.24, 2.45) is 10.9 Å². The van der Waals surface area contributed by atoms with E-state index in [4.69, 9.17) is 23.2 Å². The molecule has 0 bridgehead atoms. The Kier molecular flexibility index (Phi) is 5.53. The van der Waals surface area contributed by atoms with Gasteiger partial charge in [-0.05, 0) is 55.7 Å². The van der Waals surface area contributed by atoms with Crippen LogP contribution >= 0.6 is 23.2 Å². The molecule has 2 atom stereocenters. The van der Waals surface area contributed by atoms with E-state index in [9.17, 15) is 9.59 Å². The quantitative estimate of drug-likeness (QED) is 0.748. The molecular formula is C20H19Cl2N3O2. The molecule has 0 radical (unpaired) electrons. The number of amides is 3. The van der Waals surface area contributed by atoms with Gasteiger partial charge in [0.25, 0.3) is 0 Å². The van der Waals surface area contributed by atoms with Crippen LogP contribution in [0, 0.1) is 19.8 Å². The maximum atomic E-state index is 13.1. The lowest BCUT2D eigenvalue weighted by Crippen LogP contribution is -2.45. The van der Waals surface area contributed by atoms with Gasteiger partial charge in [-0.1, -0.05) is 41.4 Å². The fourth-order valence-corrected chi connectivity index (χ4v) is 3.69. The van der Waals surface area contributed by atoms with E-state index in [1.807, 2.05) is 32.0 Å². The number of urea groups is 1. The SMILES string of the molecule is CC1=NC(=O)NC(c2ccc(Cl)cc2Cl)C1C(=O)Nc1cccc(C)c1C. The van der Waals surface area contributed by atoms with E-state index in [1.165, 1.54) is 0 Å². The van der Waals surface area contributed by atoms with Crippen molar-refractivity contribution in [3.8, 4) is 0 Å². The standard InChI is InChI=1S/C20H19Cl2N3O2/c1-10-5-4-6-16(11(10)2)24-19(26)17-12(3)23-20(27)25-18(17)14-8-7-13(21)9-15(14)22/h4-9,17-18H,1-3H3,(H,24,26)(H,25,27). The number of hydrogen-bond donors (Lipinski definition) is 2.